The quantitative estimate of drug-likeness (QED) is 0.0537. The molecule has 1 unspecified atom stereocenters. The summed E-state index contributed by atoms with van der Waals surface area (Å²) in [6.07, 6.45) is 3.74. The Morgan fingerprint density at radius 2 is 1.33 bits per heavy atom. The molecule has 2 aromatic heterocycles. The van der Waals surface area contributed by atoms with Gasteiger partial charge in [0.1, 0.15) is 6.10 Å². The molecule has 0 spiro atoms. The van der Waals surface area contributed by atoms with Crippen LogP contribution in [0.4, 0.5) is 22.7 Å². The zero-order chi connectivity index (χ0) is 37.9. The molecular weight excluding hydrogens is 721 g/mol. The van der Waals surface area contributed by atoms with Gasteiger partial charge in [0.25, 0.3) is 0 Å². The van der Waals surface area contributed by atoms with Crippen LogP contribution in [0.25, 0.3) is 11.4 Å². The van der Waals surface area contributed by atoms with Crippen LogP contribution >= 0.6 is 24.4 Å². The van der Waals surface area contributed by atoms with E-state index in [4.69, 9.17) is 29.3 Å². The van der Waals surface area contributed by atoms with Gasteiger partial charge in [-0.1, -0.05) is 63.9 Å². The molecule has 54 heavy (non-hydrogen) atoms. The Bertz CT molecular complexity index is 2260. The van der Waals surface area contributed by atoms with Gasteiger partial charge in [-0.3, -0.25) is 15.1 Å². The fraction of sp³-hybridized carbons (Fsp3) is 0.289. The average Bonchev–Trinajstić information content (AvgIpc) is 3.83. The highest BCUT2D eigenvalue weighted by atomic mass is 32.1. The molecule has 4 aromatic carbocycles. The summed E-state index contributed by atoms with van der Waals surface area (Å²) in [5, 5.41) is 23.6. The van der Waals surface area contributed by atoms with Crippen molar-refractivity contribution in [3.63, 3.8) is 0 Å². The summed E-state index contributed by atoms with van der Waals surface area (Å²) in [5.41, 5.74) is 11.0. The van der Waals surface area contributed by atoms with Gasteiger partial charge >= 0.3 is 0 Å². The number of tetrazole rings is 2. The van der Waals surface area contributed by atoms with Gasteiger partial charge in [0.05, 0.1) is 17.1 Å². The Labute approximate surface area is 324 Å². The highest BCUT2D eigenvalue weighted by molar-refractivity contribution is 7.71. The van der Waals surface area contributed by atoms with E-state index in [1.807, 2.05) is 48.5 Å². The van der Waals surface area contributed by atoms with Crippen molar-refractivity contribution in [2.24, 2.45) is 0 Å². The number of anilines is 4. The fourth-order valence-corrected chi connectivity index (χ4v) is 6.37. The van der Waals surface area contributed by atoms with Crippen molar-refractivity contribution in [3.05, 3.63) is 118 Å². The topological polar surface area (TPSA) is 150 Å². The zero-order valence-electron chi connectivity index (χ0n) is 30.5. The van der Waals surface area contributed by atoms with E-state index in [-0.39, 0.29) is 12.0 Å². The summed E-state index contributed by atoms with van der Waals surface area (Å²) in [4.78, 5) is 23.3. The van der Waals surface area contributed by atoms with E-state index in [2.05, 4.69) is 121 Å². The summed E-state index contributed by atoms with van der Waals surface area (Å²) in [7, 11) is 4.16. The predicted molar refractivity (Wildman–Crippen MR) is 217 cm³/mol. The van der Waals surface area contributed by atoms with Gasteiger partial charge in [-0.2, -0.15) is 10.4 Å². The van der Waals surface area contributed by atoms with Crippen molar-refractivity contribution in [1.82, 2.24) is 40.4 Å². The summed E-state index contributed by atoms with van der Waals surface area (Å²) in [6, 6.07) is 32.4. The van der Waals surface area contributed by atoms with E-state index in [9.17, 15) is 4.79 Å². The lowest BCUT2D eigenvalue weighted by Gasteiger charge is -2.26. The molecule has 4 N–H and O–H groups in total. The lowest BCUT2D eigenvalue weighted by Crippen LogP contribution is -2.32. The van der Waals surface area contributed by atoms with Gasteiger partial charge < -0.3 is 15.1 Å². The van der Waals surface area contributed by atoms with Crippen LogP contribution < -0.4 is 20.6 Å². The van der Waals surface area contributed by atoms with Gasteiger partial charge in [-0.05, 0) is 122 Å². The Hall–Kier alpha value is -5.71. The second-order valence-electron chi connectivity index (χ2n) is 13.0. The molecule has 0 saturated heterocycles. The number of aryl methyl sites for hydroxylation is 2. The molecule has 0 saturated carbocycles. The van der Waals surface area contributed by atoms with Gasteiger partial charge in [0, 0.05) is 50.7 Å². The molecule has 2 heterocycles. The number of likely N-dealkylation sites (N-methyl/N-ethyl adjacent to an activating group) is 1. The van der Waals surface area contributed by atoms with Crippen molar-refractivity contribution >= 4 is 53.1 Å². The molecule has 0 aliphatic carbocycles. The van der Waals surface area contributed by atoms with Crippen LogP contribution in [-0.2, 0) is 22.5 Å². The number of amides is 1. The Morgan fingerprint density at radius 1 is 0.778 bits per heavy atom. The van der Waals surface area contributed by atoms with E-state index in [0.29, 0.717) is 34.6 Å². The fourth-order valence-electron chi connectivity index (χ4n) is 5.99. The molecule has 280 valence electrons. The molecule has 6 aromatic rings. The molecule has 0 radical (unpaired) electrons. The summed E-state index contributed by atoms with van der Waals surface area (Å²) >= 11 is 10.4. The minimum atomic E-state index is -0.0457. The van der Waals surface area contributed by atoms with Gasteiger partial charge in [0.15, 0.2) is 0 Å². The van der Waals surface area contributed by atoms with Crippen LogP contribution in [0.15, 0.2) is 97.1 Å². The summed E-state index contributed by atoms with van der Waals surface area (Å²) in [6.45, 7) is 3.58. The number of hydrogen-bond acceptors (Lipinski definition) is 11. The van der Waals surface area contributed by atoms with Crippen LogP contribution in [0.3, 0.4) is 0 Å². The van der Waals surface area contributed by atoms with Crippen LogP contribution in [0, 0.1) is 9.54 Å². The Balaban J connectivity index is 0.954. The second-order valence-corrected chi connectivity index (χ2v) is 13.7. The molecule has 16 heteroatoms. The first-order chi connectivity index (χ1) is 26.2. The van der Waals surface area contributed by atoms with E-state index in [1.54, 1.807) is 9.36 Å². The van der Waals surface area contributed by atoms with Crippen molar-refractivity contribution in [2.75, 3.05) is 47.8 Å². The predicted octanol–water partition coefficient (Wildman–Crippen LogP) is 6.86. The number of hydrogen-bond donors (Lipinski definition) is 4. The van der Waals surface area contributed by atoms with E-state index in [0.717, 1.165) is 54.2 Å². The number of carbonyl (C=O) groups excluding carboxylic acids is 1. The first-order valence-corrected chi connectivity index (χ1v) is 18.6. The molecule has 0 fully saturated rings. The van der Waals surface area contributed by atoms with Crippen molar-refractivity contribution in [1.29, 1.82) is 0 Å². The number of rotatable bonds is 18. The minimum absolute atomic E-state index is 0.0419. The third-order valence-corrected chi connectivity index (χ3v) is 9.54. The summed E-state index contributed by atoms with van der Waals surface area (Å²) < 4.78 is 3.87. The van der Waals surface area contributed by atoms with Gasteiger partial charge in [-0.25, -0.2) is 9.36 Å². The van der Waals surface area contributed by atoms with Gasteiger partial charge in [-0.15, -0.1) is 0 Å². The molecule has 0 bridgehead atoms. The zero-order valence-corrected chi connectivity index (χ0v) is 32.1. The van der Waals surface area contributed by atoms with Crippen molar-refractivity contribution in [3.8, 4) is 11.4 Å². The molecule has 6 rings (SSSR count). The summed E-state index contributed by atoms with van der Waals surface area (Å²) in [5.74, 6) is -0.0419. The molecule has 1 amide bonds. The average molecular weight is 765 g/mol. The molecule has 14 nitrogen and oxygen atoms in total. The van der Waals surface area contributed by atoms with E-state index >= 15 is 0 Å². The number of benzene rings is 4. The lowest BCUT2D eigenvalue weighted by molar-refractivity contribution is -0.116. The van der Waals surface area contributed by atoms with E-state index in [1.165, 1.54) is 11.1 Å². The monoisotopic (exact) mass is 764 g/mol. The molecule has 1 atom stereocenters. The largest absolute Gasteiger partial charge is 0.375 e. The highest BCUT2D eigenvalue weighted by Gasteiger charge is 2.13. The lowest BCUT2D eigenvalue weighted by atomic mass is 10.0. The first kappa shape index (κ1) is 38.0. The maximum atomic E-state index is 12.7. The van der Waals surface area contributed by atoms with Crippen LogP contribution in [0.2, 0.25) is 0 Å². The Morgan fingerprint density at radius 3 is 1.91 bits per heavy atom. The number of H-pyrrole nitrogens is 2. The molecule has 0 aliphatic rings. The number of nitrogens with one attached hydrogen (secondary N) is 4. The molecule has 0 aliphatic heterocycles. The number of nitrogens with zero attached hydrogens (tertiary/aromatic N) is 8. The van der Waals surface area contributed by atoms with Gasteiger partial charge in [0.2, 0.25) is 15.4 Å². The number of aromatic nitrogens is 8. The number of carbonyl (C=O) groups is 1. The van der Waals surface area contributed by atoms with Crippen LogP contribution in [-0.4, -0.2) is 79.6 Å². The highest BCUT2D eigenvalue weighted by Crippen LogP contribution is 2.22. The van der Waals surface area contributed by atoms with Crippen molar-refractivity contribution < 1.29 is 9.63 Å². The van der Waals surface area contributed by atoms with Crippen LogP contribution in [0.1, 0.15) is 37.3 Å². The smallest absolute Gasteiger partial charge is 0.242 e. The SMILES string of the molecule is CCC(CN(C)c1cccc(CCc2cccc(N(C)CCCC(=O)Nc3cccc(-n4[nH]nnc4=S)c3)c2)c1)ONc1cccc(-n2[nH]nnc2=S)c1. The first-order valence-electron chi connectivity index (χ1n) is 17.8. The Kier molecular flexibility index (Phi) is 12.9. The normalized spacial score (nSPS) is 11.6. The maximum Gasteiger partial charge on any atom is 0.242 e. The standard InChI is InChI=1S/C38H44N12O2S2/c1-4-35(52-42-30-13-8-17-34(25-30)50-38(54)41-44-46-50)26-48(3)32-15-6-11-28(23-32)20-19-27-10-5-14-31(22-27)47(2)21-9-18-36(51)39-29-12-7-16-33(24-29)49-37(53)40-43-45-49/h5-8,10-17,22-25,35,42H,4,9,18-21,26H2,1-3H3,(H,39,51)(H,40,45,53)(H,41,46,54). The second kappa shape index (κ2) is 18.4. The van der Waals surface area contributed by atoms with Crippen molar-refractivity contribution in [2.45, 2.75) is 45.1 Å². The minimum Gasteiger partial charge on any atom is -0.375 e. The third kappa shape index (κ3) is 10.2. The maximum absolute atomic E-state index is 12.7. The molecular formula is C38H44N12O2S2. The van der Waals surface area contributed by atoms with E-state index < -0.39 is 0 Å². The third-order valence-electron chi connectivity index (χ3n) is 9.01. The van der Waals surface area contributed by atoms with Crippen LogP contribution in [0.5, 0.6) is 0 Å². The number of aromatic amines is 2.